The van der Waals surface area contributed by atoms with E-state index >= 15 is 0 Å². The molecule has 2 aliphatic heterocycles. The predicted octanol–water partition coefficient (Wildman–Crippen LogP) is 4.79. The molecule has 1 amide bonds. The van der Waals surface area contributed by atoms with Crippen molar-refractivity contribution in [3.05, 3.63) is 54.0 Å². The molecule has 9 nitrogen and oxygen atoms in total. The average molecular weight is 529 g/mol. The number of carbonyl (C=O) groups is 1. The van der Waals surface area contributed by atoms with Gasteiger partial charge in [-0.15, -0.1) is 0 Å². The van der Waals surface area contributed by atoms with E-state index in [1.807, 2.05) is 54.4 Å². The minimum Gasteiger partial charge on any atom is -0.351 e. The number of allylic oxidation sites excluding steroid dienone is 1. The summed E-state index contributed by atoms with van der Waals surface area (Å²) in [7, 11) is 0. The second kappa shape index (κ2) is 13.0. The van der Waals surface area contributed by atoms with Crippen molar-refractivity contribution >= 4 is 40.4 Å². The van der Waals surface area contributed by atoms with Crippen LogP contribution in [0.15, 0.2) is 47.6 Å². The van der Waals surface area contributed by atoms with E-state index in [1.54, 1.807) is 6.20 Å². The number of anilines is 2. The lowest BCUT2D eigenvalue weighted by molar-refractivity contribution is 0.0628. The molecule has 206 valence electrons. The number of aliphatic imine (C=N–C) groups is 1. The van der Waals surface area contributed by atoms with Crippen molar-refractivity contribution in [1.82, 2.24) is 29.7 Å². The highest BCUT2D eigenvalue weighted by Gasteiger charge is 2.23. The summed E-state index contributed by atoms with van der Waals surface area (Å²) < 4.78 is 0. The lowest BCUT2D eigenvalue weighted by Gasteiger charge is -2.34. The fourth-order valence-electron chi connectivity index (χ4n) is 5.36. The van der Waals surface area contributed by atoms with Crippen LogP contribution in [-0.2, 0) is 0 Å². The average Bonchev–Trinajstić information content (AvgIpc) is 3.64. The summed E-state index contributed by atoms with van der Waals surface area (Å²) in [5.41, 5.74) is 4.01. The van der Waals surface area contributed by atoms with Crippen molar-refractivity contribution in [2.45, 2.75) is 39.5 Å². The molecule has 0 bridgehead atoms. The normalized spacial score (nSPS) is 17.5. The smallest absolute Gasteiger partial charge is 0.270 e. The Kier molecular flexibility index (Phi) is 9.00. The molecule has 0 radical (unpaired) electrons. The van der Waals surface area contributed by atoms with Crippen LogP contribution in [0.5, 0.6) is 0 Å². The zero-order valence-corrected chi connectivity index (χ0v) is 23.2. The Balaban J connectivity index is 1.18. The number of amides is 1. The molecule has 1 aromatic carbocycles. The standard InChI is InChI=1S/C30H40N8O/c1-3-11-31-25(4-2)27-10-12-32-30(35-27)33-24-8-9-26-23(21-24)22-28(34-26)29(39)38-19-17-37(18-20-38)16-7-15-36-13-5-6-14-36/h4,8-12,21-22,34H,3,5-7,13-20H2,1-2H3,(H,32,33,35)/b25-4-,31-11?. The third-order valence-electron chi connectivity index (χ3n) is 7.52. The number of H-pyrrole nitrogens is 1. The van der Waals surface area contributed by atoms with Gasteiger partial charge in [0.05, 0.1) is 11.4 Å². The van der Waals surface area contributed by atoms with E-state index in [2.05, 4.69) is 42.0 Å². The molecule has 5 rings (SSSR count). The summed E-state index contributed by atoms with van der Waals surface area (Å²) in [4.78, 5) is 37.1. The Bertz CT molecular complexity index is 1320. The molecule has 2 saturated heterocycles. The highest BCUT2D eigenvalue weighted by Crippen LogP contribution is 2.24. The van der Waals surface area contributed by atoms with Crippen LogP contribution in [0.25, 0.3) is 16.6 Å². The van der Waals surface area contributed by atoms with E-state index < -0.39 is 0 Å². The fraction of sp³-hybridized carbons (Fsp3) is 0.467. The van der Waals surface area contributed by atoms with E-state index in [-0.39, 0.29) is 5.91 Å². The van der Waals surface area contributed by atoms with Gasteiger partial charge in [0.15, 0.2) is 0 Å². The summed E-state index contributed by atoms with van der Waals surface area (Å²) in [5.74, 6) is 0.572. The number of piperazine rings is 1. The van der Waals surface area contributed by atoms with Crippen LogP contribution in [0.4, 0.5) is 11.6 Å². The first-order valence-corrected chi connectivity index (χ1v) is 14.3. The second-order valence-electron chi connectivity index (χ2n) is 10.3. The van der Waals surface area contributed by atoms with Gasteiger partial charge >= 0.3 is 0 Å². The minimum atomic E-state index is 0.0694. The number of rotatable bonds is 10. The van der Waals surface area contributed by atoms with Crippen LogP contribution < -0.4 is 5.32 Å². The van der Waals surface area contributed by atoms with Crippen molar-refractivity contribution in [2.75, 3.05) is 57.7 Å². The number of nitrogens with zero attached hydrogens (tertiary/aromatic N) is 6. The first-order chi connectivity index (χ1) is 19.1. The molecular weight excluding hydrogens is 488 g/mol. The Morgan fingerprint density at radius 2 is 1.82 bits per heavy atom. The van der Waals surface area contributed by atoms with Gasteiger partial charge in [0, 0.05) is 55.2 Å². The van der Waals surface area contributed by atoms with Gasteiger partial charge in [0.25, 0.3) is 5.91 Å². The van der Waals surface area contributed by atoms with E-state index in [4.69, 9.17) is 0 Å². The molecule has 2 fully saturated rings. The van der Waals surface area contributed by atoms with Crippen LogP contribution in [-0.4, -0.2) is 94.1 Å². The maximum atomic E-state index is 13.3. The second-order valence-corrected chi connectivity index (χ2v) is 10.3. The number of aromatic amines is 1. The Morgan fingerprint density at radius 1 is 1.05 bits per heavy atom. The zero-order chi connectivity index (χ0) is 27.0. The van der Waals surface area contributed by atoms with E-state index in [0.717, 1.165) is 67.1 Å². The van der Waals surface area contributed by atoms with Crippen molar-refractivity contribution in [2.24, 2.45) is 4.99 Å². The van der Waals surface area contributed by atoms with Gasteiger partial charge in [-0.05, 0) is 89.1 Å². The van der Waals surface area contributed by atoms with E-state index in [1.165, 1.54) is 38.9 Å². The van der Waals surface area contributed by atoms with Crippen molar-refractivity contribution < 1.29 is 4.79 Å². The maximum absolute atomic E-state index is 13.3. The number of fused-ring (bicyclic) bond motifs is 1. The first-order valence-electron chi connectivity index (χ1n) is 14.3. The number of nitrogens with one attached hydrogen (secondary N) is 2. The quantitative estimate of drug-likeness (QED) is 0.368. The SMILES string of the molecule is C/C=C(\N=CCC)c1ccnc(Nc2ccc3[nH]c(C(=O)N4CCN(CCCN5CCCC5)CC4)cc3c2)n1. The van der Waals surface area contributed by atoms with Gasteiger partial charge in [0.2, 0.25) is 5.95 Å². The van der Waals surface area contributed by atoms with Gasteiger partial charge in [-0.3, -0.25) is 14.7 Å². The summed E-state index contributed by atoms with van der Waals surface area (Å²) in [6.45, 7) is 12.3. The molecule has 2 N–H and O–H groups in total. The number of likely N-dealkylation sites (tertiary alicyclic amines) is 1. The number of carbonyl (C=O) groups excluding carboxylic acids is 1. The molecule has 0 spiro atoms. The van der Waals surface area contributed by atoms with Crippen LogP contribution in [0.3, 0.4) is 0 Å². The van der Waals surface area contributed by atoms with Crippen molar-refractivity contribution in [3.8, 4) is 0 Å². The van der Waals surface area contributed by atoms with Crippen LogP contribution >= 0.6 is 0 Å². The van der Waals surface area contributed by atoms with Crippen LogP contribution in [0.2, 0.25) is 0 Å². The summed E-state index contributed by atoms with van der Waals surface area (Å²) in [6, 6.07) is 9.77. The Hall–Kier alpha value is -3.56. The van der Waals surface area contributed by atoms with Crippen molar-refractivity contribution in [3.63, 3.8) is 0 Å². The molecular formula is C30H40N8O. The topological polar surface area (TPSA) is 92.7 Å². The largest absolute Gasteiger partial charge is 0.351 e. The fourth-order valence-corrected chi connectivity index (χ4v) is 5.36. The molecule has 2 aromatic heterocycles. The molecule has 0 aliphatic carbocycles. The maximum Gasteiger partial charge on any atom is 0.270 e. The third-order valence-corrected chi connectivity index (χ3v) is 7.52. The Morgan fingerprint density at radius 3 is 2.56 bits per heavy atom. The van der Waals surface area contributed by atoms with Gasteiger partial charge in [-0.25, -0.2) is 9.97 Å². The number of hydrogen-bond acceptors (Lipinski definition) is 7. The molecule has 3 aromatic rings. The predicted molar refractivity (Wildman–Crippen MR) is 159 cm³/mol. The Labute approximate surface area is 231 Å². The lowest BCUT2D eigenvalue weighted by atomic mass is 10.2. The van der Waals surface area contributed by atoms with Crippen molar-refractivity contribution in [1.29, 1.82) is 0 Å². The monoisotopic (exact) mass is 528 g/mol. The van der Waals surface area contributed by atoms with Gasteiger partial charge in [-0.2, -0.15) is 0 Å². The molecule has 4 heterocycles. The van der Waals surface area contributed by atoms with E-state index in [9.17, 15) is 4.79 Å². The van der Waals surface area contributed by atoms with Crippen LogP contribution in [0, 0.1) is 0 Å². The highest BCUT2D eigenvalue weighted by molar-refractivity contribution is 5.98. The molecule has 2 aliphatic rings. The molecule has 0 atom stereocenters. The zero-order valence-electron chi connectivity index (χ0n) is 23.2. The molecule has 39 heavy (non-hydrogen) atoms. The summed E-state index contributed by atoms with van der Waals surface area (Å²) in [5, 5.41) is 4.27. The van der Waals surface area contributed by atoms with Gasteiger partial charge in [0.1, 0.15) is 5.69 Å². The van der Waals surface area contributed by atoms with E-state index in [0.29, 0.717) is 11.6 Å². The van der Waals surface area contributed by atoms with Gasteiger partial charge in [-0.1, -0.05) is 13.0 Å². The lowest BCUT2D eigenvalue weighted by Crippen LogP contribution is -2.49. The highest BCUT2D eigenvalue weighted by atomic mass is 16.2. The third kappa shape index (κ3) is 6.91. The summed E-state index contributed by atoms with van der Waals surface area (Å²) >= 11 is 0. The first kappa shape index (κ1) is 27.0. The van der Waals surface area contributed by atoms with Crippen LogP contribution in [0.1, 0.15) is 55.7 Å². The van der Waals surface area contributed by atoms with Gasteiger partial charge < -0.3 is 20.1 Å². The summed E-state index contributed by atoms with van der Waals surface area (Å²) in [6.07, 6.45) is 10.3. The number of aromatic nitrogens is 3. The molecule has 0 saturated carbocycles. The minimum absolute atomic E-state index is 0.0694. The number of hydrogen-bond donors (Lipinski definition) is 2. The molecule has 9 heteroatoms. The molecule has 0 unspecified atom stereocenters. The number of benzene rings is 1.